The van der Waals surface area contributed by atoms with Gasteiger partial charge in [-0.3, -0.25) is 4.98 Å². The van der Waals surface area contributed by atoms with Crippen molar-refractivity contribution in [3.8, 4) is 17.1 Å². The number of nitrogens with zero attached hydrogens (tertiary/aromatic N) is 2. The van der Waals surface area contributed by atoms with Gasteiger partial charge in [0.1, 0.15) is 23.3 Å². The summed E-state index contributed by atoms with van der Waals surface area (Å²) in [5, 5.41) is 15.6. The molecule has 0 aliphatic carbocycles. The van der Waals surface area contributed by atoms with Crippen LogP contribution in [0.5, 0.6) is 5.75 Å². The van der Waals surface area contributed by atoms with Gasteiger partial charge in [0.2, 0.25) is 0 Å². The average molecular weight is 496 g/mol. The Labute approximate surface area is 206 Å². The summed E-state index contributed by atoms with van der Waals surface area (Å²) >= 11 is 18.3. The second-order valence-electron chi connectivity index (χ2n) is 7.74. The van der Waals surface area contributed by atoms with Crippen LogP contribution in [0.25, 0.3) is 11.3 Å². The van der Waals surface area contributed by atoms with E-state index in [2.05, 4.69) is 10.3 Å². The van der Waals surface area contributed by atoms with E-state index in [1.807, 2.05) is 60.4 Å². The normalized spacial score (nSPS) is 17.9. The van der Waals surface area contributed by atoms with Gasteiger partial charge in [-0.05, 0) is 73.2 Å². The van der Waals surface area contributed by atoms with E-state index >= 15 is 0 Å². The van der Waals surface area contributed by atoms with Crippen LogP contribution in [0.15, 0.2) is 77.3 Å². The summed E-state index contributed by atoms with van der Waals surface area (Å²) in [6, 6.07) is 19.4. The van der Waals surface area contributed by atoms with Crippen molar-refractivity contribution >= 4 is 46.2 Å². The fourth-order valence-electron chi connectivity index (χ4n) is 4.12. The molecule has 33 heavy (non-hydrogen) atoms. The Balaban J connectivity index is 1.64. The predicted octanol–water partition coefficient (Wildman–Crippen LogP) is 6.84. The molecule has 1 aliphatic rings. The third-order valence-corrected chi connectivity index (χ3v) is 6.71. The fourth-order valence-corrected chi connectivity index (χ4v) is 4.80. The molecule has 1 aliphatic heterocycles. The molecule has 166 valence electrons. The minimum Gasteiger partial charge on any atom is -0.506 e. The lowest BCUT2D eigenvalue weighted by Crippen LogP contribution is -2.29. The lowest BCUT2D eigenvalue weighted by Gasteiger charge is -2.26. The Morgan fingerprint density at radius 3 is 2.70 bits per heavy atom. The molecule has 2 aromatic carbocycles. The quantitative estimate of drug-likeness (QED) is 0.302. The maximum atomic E-state index is 10.6. The zero-order chi connectivity index (χ0) is 23.1. The second-order valence-corrected chi connectivity index (χ2v) is 8.97. The minimum absolute atomic E-state index is 0.0627. The summed E-state index contributed by atoms with van der Waals surface area (Å²) < 4.78 is 6.37. The van der Waals surface area contributed by atoms with Crippen molar-refractivity contribution in [3.05, 3.63) is 100.0 Å². The number of thiocarbonyl (C=S) groups is 1. The van der Waals surface area contributed by atoms with E-state index < -0.39 is 6.04 Å². The minimum atomic E-state index is -0.412. The first-order valence-corrected chi connectivity index (χ1v) is 11.4. The summed E-state index contributed by atoms with van der Waals surface area (Å²) in [7, 11) is 0. The van der Waals surface area contributed by atoms with Crippen LogP contribution in [-0.2, 0) is 0 Å². The Hall–Kier alpha value is -3.06. The van der Waals surface area contributed by atoms with Crippen LogP contribution in [0, 0.1) is 6.92 Å². The maximum Gasteiger partial charge on any atom is 0.174 e. The van der Waals surface area contributed by atoms with E-state index in [9.17, 15) is 5.11 Å². The molecule has 0 amide bonds. The number of pyridine rings is 1. The second kappa shape index (κ2) is 8.71. The first kappa shape index (κ1) is 21.8. The number of aromatic hydroxyl groups is 1. The number of benzene rings is 2. The molecule has 1 saturated heterocycles. The van der Waals surface area contributed by atoms with Gasteiger partial charge in [-0.2, -0.15) is 0 Å². The molecule has 0 saturated carbocycles. The predicted molar refractivity (Wildman–Crippen MR) is 135 cm³/mol. The molecule has 0 bridgehead atoms. The van der Waals surface area contributed by atoms with Crippen molar-refractivity contribution in [1.82, 2.24) is 10.3 Å². The summed E-state index contributed by atoms with van der Waals surface area (Å²) in [6.45, 7) is 1.96. The van der Waals surface area contributed by atoms with Crippen molar-refractivity contribution < 1.29 is 9.52 Å². The zero-order valence-corrected chi connectivity index (χ0v) is 19.8. The van der Waals surface area contributed by atoms with Crippen LogP contribution in [0.2, 0.25) is 10.0 Å². The van der Waals surface area contributed by atoms with Gasteiger partial charge >= 0.3 is 0 Å². The topological polar surface area (TPSA) is 61.5 Å². The van der Waals surface area contributed by atoms with E-state index in [1.165, 1.54) is 0 Å². The number of halogens is 2. The van der Waals surface area contributed by atoms with Crippen molar-refractivity contribution in [2.75, 3.05) is 4.90 Å². The lowest BCUT2D eigenvalue weighted by molar-refractivity contribution is 0.434. The maximum absolute atomic E-state index is 10.6. The van der Waals surface area contributed by atoms with Gasteiger partial charge in [0.15, 0.2) is 5.11 Å². The zero-order valence-electron chi connectivity index (χ0n) is 17.5. The van der Waals surface area contributed by atoms with Crippen molar-refractivity contribution in [2.24, 2.45) is 0 Å². The molecule has 1 fully saturated rings. The van der Waals surface area contributed by atoms with Gasteiger partial charge in [-0.1, -0.05) is 41.4 Å². The highest BCUT2D eigenvalue weighted by Crippen LogP contribution is 2.46. The summed E-state index contributed by atoms with van der Waals surface area (Å²) in [5.74, 6) is 1.41. The number of phenolic OH excluding ortho intramolecular Hbond substituents is 1. The van der Waals surface area contributed by atoms with Crippen LogP contribution in [0.3, 0.4) is 0 Å². The summed E-state index contributed by atoms with van der Waals surface area (Å²) in [6.07, 6.45) is 1.74. The standard InChI is InChI=1S/C25H19Cl2N3O2S/c1-14-16(5-4-6-17(14)27)21-10-11-22(32-21)24-23(18-7-2-3-12-28-18)29-25(33)30(24)19-13-15(26)8-9-20(19)31/h2-13,23-24,31H,1H3,(H,29,33). The smallest absolute Gasteiger partial charge is 0.174 e. The fraction of sp³-hybridized carbons (Fsp3) is 0.120. The van der Waals surface area contributed by atoms with Gasteiger partial charge in [0.25, 0.3) is 0 Å². The SMILES string of the molecule is Cc1c(Cl)cccc1-c1ccc(C2C(c3ccccn3)NC(=S)N2c2cc(Cl)ccc2O)o1. The molecule has 5 nitrogen and oxygen atoms in total. The Morgan fingerprint density at radius 2 is 1.91 bits per heavy atom. The number of nitrogens with one attached hydrogen (secondary N) is 1. The van der Waals surface area contributed by atoms with Crippen LogP contribution >= 0.6 is 35.4 Å². The Bertz CT molecular complexity index is 1340. The van der Waals surface area contributed by atoms with Crippen LogP contribution < -0.4 is 10.2 Å². The molecule has 5 rings (SSSR count). The highest BCUT2D eigenvalue weighted by Gasteiger charge is 2.43. The van der Waals surface area contributed by atoms with Crippen LogP contribution in [0.4, 0.5) is 5.69 Å². The van der Waals surface area contributed by atoms with E-state index in [-0.39, 0.29) is 11.8 Å². The first-order valence-electron chi connectivity index (χ1n) is 10.3. The molecular formula is C25H19Cl2N3O2S. The first-order chi connectivity index (χ1) is 15.9. The van der Waals surface area contributed by atoms with Crippen LogP contribution in [0.1, 0.15) is 29.1 Å². The number of rotatable bonds is 4. The van der Waals surface area contributed by atoms with E-state index in [0.29, 0.717) is 32.4 Å². The highest BCUT2D eigenvalue weighted by atomic mass is 35.5. The number of aromatic nitrogens is 1. The average Bonchev–Trinajstić information content (AvgIpc) is 3.42. The van der Waals surface area contributed by atoms with Gasteiger partial charge < -0.3 is 19.7 Å². The molecule has 2 unspecified atom stereocenters. The molecule has 2 N–H and O–H groups in total. The van der Waals surface area contributed by atoms with Crippen molar-refractivity contribution in [2.45, 2.75) is 19.0 Å². The van der Waals surface area contributed by atoms with E-state index in [1.54, 1.807) is 24.4 Å². The van der Waals surface area contributed by atoms with Crippen molar-refractivity contribution in [1.29, 1.82) is 0 Å². The highest BCUT2D eigenvalue weighted by molar-refractivity contribution is 7.80. The van der Waals surface area contributed by atoms with Gasteiger partial charge in [-0.15, -0.1) is 0 Å². The molecule has 3 heterocycles. The monoisotopic (exact) mass is 495 g/mol. The molecule has 0 radical (unpaired) electrons. The molecule has 0 spiro atoms. The molecular weight excluding hydrogens is 477 g/mol. The van der Waals surface area contributed by atoms with Crippen LogP contribution in [-0.4, -0.2) is 15.2 Å². The number of furan rings is 1. The molecule has 2 aromatic heterocycles. The Morgan fingerprint density at radius 1 is 1.06 bits per heavy atom. The lowest BCUT2D eigenvalue weighted by atomic mass is 10.0. The van der Waals surface area contributed by atoms with E-state index in [0.717, 1.165) is 16.8 Å². The number of hydrogen-bond acceptors (Lipinski definition) is 4. The van der Waals surface area contributed by atoms with Gasteiger partial charge in [-0.25, -0.2) is 0 Å². The molecule has 4 aromatic rings. The number of hydrogen-bond donors (Lipinski definition) is 2. The largest absolute Gasteiger partial charge is 0.506 e. The van der Waals surface area contributed by atoms with Gasteiger partial charge in [0, 0.05) is 21.8 Å². The molecule has 8 heteroatoms. The Kier molecular flexibility index (Phi) is 5.74. The number of phenols is 1. The number of anilines is 1. The summed E-state index contributed by atoms with van der Waals surface area (Å²) in [5.41, 5.74) is 3.13. The van der Waals surface area contributed by atoms with E-state index in [4.69, 9.17) is 39.8 Å². The van der Waals surface area contributed by atoms with Crippen molar-refractivity contribution in [3.63, 3.8) is 0 Å². The molecule has 2 atom stereocenters. The summed E-state index contributed by atoms with van der Waals surface area (Å²) in [4.78, 5) is 6.36. The third-order valence-electron chi connectivity index (χ3n) is 5.75. The third kappa shape index (κ3) is 3.95. The van der Waals surface area contributed by atoms with Gasteiger partial charge in [0.05, 0.1) is 17.4 Å².